The highest BCUT2D eigenvalue weighted by molar-refractivity contribution is 7.07. The Morgan fingerprint density at radius 1 is 1.38 bits per heavy atom. The lowest BCUT2D eigenvalue weighted by Gasteiger charge is -2.20. The third-order valence-electron chi connectivity index (χ3n) is 4.46. The van der Waals surface area contributed by atoms with Gasteiger partial charge in [0.2, 0.25) is 0 Å². The molecule has 0 aliphatic rings. The van der Waals surface area contributed by atoms with E-state index in [4.69, 9.17) is 0 Å². The van der Waals surface area contributed by atoms with Crippen LogP contribution in [0.15, 0.2) is 21.8 Å². The van der Waals surface area contributed by atoms with Gasteiger partial charge in [-0.3, -0.25) is 9.67 Å². The van der Waals surface area contributed by atoms with Crippen LogP contribution in [0.4, 0.5) is 0 Å². The molecule has 5 nitrogen and oxygen atoms in total. The first-order valence-corrected chi connectivity index (χ1v) is 9.35. The van der Waals surface area contributed by atoms with Crippen LogP contribution >= 0.6 is 11.3 Å². The molecule has 24 heavy (non-hydrogen) atoms. The smallest absolute Gasteiger partial charge is 0.191 e. The van der Waals surface area contributed by atoms with Crippen LogP contribution in [0.2, 0.25) is 0 Å². The number of rotatable bonds is 6. The lowest BCUT2D eigenvalue weighted by molar-refractivity contribution is 0.624. The molecule has 0 amide bonds. The van der Waals surface area contributed by atoms with Crippen LogP contribution in [-0.4, -0.2) is 35.4 Å². The maximum absolute atomic E-state index is 4.49. The molecule has 0 radical (unpaired) electrons. The maximum Gasteiger partial charge on any atom is 0.191 e. The van der Waals surface area contributed by atoms with Crippen LogP contribution in [0.5, 0.6) is 0 Å². The molecule has 2 aromatic rings. The fraction of sp³-hybridized carbons (Fsp3) is 0.556. The number of guanidine groups is 1. The largest absolute Gasteiger partial charge is 0.356 e. The topological polar surface area (TPSA) is 54.2 Å². The van der Waals surface area contributed by atoms with E-state index in [9.17, 15) is 0 Å². The van der Waals surface area contributed by atoms with Crippen LogP contribution in [-0.2, 0) is 13.5 Å². The zero-order valence-corrected chi connectivity index (χ0v) is 16.4. The standard InChI is InChI=1S/C18H29N5S/c1-12(16-7-8-24-11-16)10-20-18(19-5)21-13(2)9-17-14(3)22-23(6)15(17)4/h7-8,11-13H,9-10H2,1-6H3,(H2,19,20,21). The van der Waals surface area contributed by atoms with Crippen molar-refractivity contribution in [2.24, 2.45) is 12.0 Å². The van der Waals surface area contributed by atoms with Crippen molar-refractivity contribution in [3.05, 3.63) is 39.3 Å². The van der Waals surface area contributed by atoms with Crippen molar-refractivity contribution in [3.8, 4) is 0 Å². The summed E-state index contributed by atoms with van der Waals surface area (Å²) in [5.41, 5.74) is 5.03. The number of hydrogen-bond acceptors (Lipinski definition) is 3. The SMILES string of the molecule is CN=C(NCC(C)c1ccsc1)NC(C)Cc1c(C)nn(C)c1C. The van der Waals surface area contributed by atoms with Crippen molar-refractivity contribution in [3.63, 3.8) is 0 Å². The monoisotopic (exact) mass is 347 g/mol. The van der Waals surface area contributed by atoms with Crippen LogP contribution in [0.25, 0.3) is 0 Å². The number of aryl methyl sites for hydroxylation is 2. The summed E-state index contributed by atoms with van der Waals surface area (Å²) in [5.74, 6) is 1.32. The van der Waals surface area contributed by atoms with Crippen molar-refractivity contribution < 1.29 is 0 Å². The van der Waals surface area contributed by atoms with E-state index in [2.05, 4.69) is 65.2 Å². The van der Waals surface area contributed by atoms with Gasteiger partial charge < -0.3 is 10.6 Å². The fourth-order valence-corrected chi connectivity index (χ4v) is 3.60. The Labute approximate surface area is 149 Å². The number of nitrogens with zero attached hydrogens (tertiary/aromatic N) is 3. The number of aliphatic imine (C=N–C) groups is 1. The quantitative estimate of drug-likeness (QED) is 0.624. The van der Waals surface area contributed by atoms with Crippen molar-refractivity contribution in [2.45, 2.75) is 46.1 Å². The van der Waals surface area contributed by atoms with E-state index in [1.807, 2.05) is 18.8 Å². The molecule has 2 heterocycles. The molecule has 0 saturated carbocycles. The Morgan fingerprint density at radius 2 is 2.12 bits per heavy atom. The van der Waals surface area contributed by atoms with Gasteiger partial charge in [-0.25, -0.2) is 0 Å². The Balaban J connectivity index is 1.88. The Kier molecular flexibility index (Phi) is 6.43. The summed E-state index contributed by atoms with van der Waals surface area (Å²) in [5, 5.41) is 15.7. The van der Waals surface area contributed by atoms with Crippen molar-refractivity contribution >= 4 is 17.3 Å². The van der Waals surface area contributed by atoms with E-state index in [0.29, 0.717) is 5.92 Å². The van der Waals surface area contributed by atoms with Gasteiger partial charge in [-0.15, -0.1) is 0 Å². The minimum atomic E-state index is 0.286. The number of nitrogens with one attached hydrogen (secondary N) is 2. The average Bonchev–Trinajstić information content (AvgIpc) is 3.16. The third kappa shape index (κ3) is 4.60. The Hall–Kier alpha value is -1.82. The van der Waals surface area contributed by atoms with Gasteiger partial charge in [-0.05, 0) is 61.1 Å². The summed E-state index contributed by atoms with van der Waals surface area (Å²) >= 11 is 1.74. The van der Waals surface area contributed by atoms with Gasteiger partial charge in [0.1, 0.15) is 0 Å². The van der Waals surface area contributed by atoms with Crippen molar-refractivity contribution in [2.75, 3.05) is 13.6 Å². The molecule has 2 atom stereocenters. The van der Waals surface area contributed by atoms with E-state index in [1.165, 1.54) is 16.8 Å². The summed E-state index contributed by atoms with van der Waals surface area (Å²) in [6.07, 6.45) is 0.937. The summed E-state index contributed by atoms with van der Waals surface area (Å²) in [4.78, 5) is 4.35. The average molecular weight is 348 g/mol. The lowest BCUT2D eigenvalue weighted by Crippen LogP contribution is -2.44. The van der Waals surface area contributed by atoms with Crippen LogP contribution < -0.4 is 10.6 Å². The van der Waals surface area contributed by atoms with Crippen molar-refractivity contribution in [1.29, 1.82) is 0 Å². The molecule has 2 rings (SSSR count). The molecular formula is C18H29N5S. The predicted octanol–water partition coefficient (Wildman–Crippen LogP) is 3.00. The minimum Gasteiger partial charge on any atom is -0.356 e. The summed E-state index contributed by atoms with van der Waals surface area (Å²) in [6, 6.07) is 2.47. The van der Waals surface area contributed by atoms with Gasteiger partial charge in [0.25, 0.3) is 0 Å². The molecule has 0 fully saturated rings. The Bertz CT molecular complexity index is 672. The van der Waals surface area contributed by atoms with E-state index in [1.54, 1.807) is 11.3 Å². The first kappa shape index (κ1) is 18.5. The normalized spacial score (nSPS) is 14.5. The molecular weight excluding hydrogens is 318 g/mol. The molecule has 0 bridgehead atoms. The fourth-order valence-electron chi connectivity index (χ4n) is 2.82. The second-order valence-corrected chi connectivity index (χ2v) is 7.21. The molecule has 0 aromatic carbocycles. The second kappa shape index (κ2) is 8.33. The first-order chi connectivity index (χ1) is 11.4. The second-order valence-electron chi connectivity index (χ2n) is 6.43. The molecule has 2 unspecified atom stereocenters. The molecule has 0 saturated heterocycles. The highest BCUT2D eigenvalue weighted by Gasteiger charge is 2.14. The molecule has 0 spiro atoms. The highest BCUT2D eigenvalue weighted by atomic mass is 32.1. The van der Waals surface area contributed by atoms with Gasteiger partial charge >= 0.3 is 0 Å². The summed E-state index contributed by atoms with van der Waals surface area (Å²) < 4.78 is 1.95. The Morgan fingerprint density at radius 3 is 2.67 bits per heavy atom. The predicted molar refractivity (Wildman–Crippen MR) is 103 cm³/mol. The first-order valence-electron chi connectivity index (χ1n) is 8.40. The number of thiophene rings is 1. The zero-order valence-electron chi connectivity index (χ0n) is 15.6. The van der Waals surface area contributed by atoms with E-state index >= 15 is 0 Å². The van der Waals surface area contributed by atoms with Gasteiger partial charge in [-0.1, -0.05) is 6.92 Å². The summed E-state index contributed by atoms with van der Waals surface area (Å²) in [7, 11) is 3.81. The highest BCUT2D eigenvalue weighted by Crippen LogP contribution is 2.17. The van der Waals surface area contributed by atoms with Crippen LogP contribution in [0.1, 0.15) is 42.3 Å². The van der Waals surface area contributed by atoms with Gasteiger partial charge in [0.05, 0.1) is 5.69 Å². The van der Waals surface area contributed by atoms with Crippen LogP contribution in [0.3, 0.4) is 0 Å². The third-order valence-corrected chi connectivity index (χ3v) is 5.17. The molecule has 0 aliphatic carbocycles. The molecule has 2 aromatic heterocycles. The van der Waals surface area contributed by atoms with E-state index < -0.39 is 0 Å². The molecule has 6 heteroatoms. The number of aromatic nitrogens is 2. The van der Waals surface area contributed by atoms with E-state index in [-0.39, 0.29) is 6.04 Å². The summed E-state index contributed by atoms with van der Waals surface area (Å²) in [6.45, 7) is 9.48. The van der Waals surface area contributed by atoms with Crippen LogP contribution in [0, 0.1) is 13.8 Å². The zero-order chi connectivity index (χ0) is 17.7. The molecule has 132 valence electrons. The minimum absolute atomic E-state index is 0.286. The number of hydrogen-bond donors (Lipinski definition) is 2. The molecule has 2 N–H and O–H groups in total. The molecule has 0 aliphatic heterocycles. The maximum atomic E-state index is 4.49. The van der Waals surface area contributed by atoms with Crippen molar-refractivity contribution in [1.82, 2.24) is 20.4 Å². The van der Waals surface area contributed by atoms with Gasteiger partial charge in [0, 0.05) is 32.4 Å². The van der Waals surface area contributed by atoms with Gasteiger partial charge in [-0.2, -0.15) is 16.4 Å². The lowest BCUT2D eigenvalue weighted by atomic mass is 10.1. The van der Waals surface area contributed by atoms with Gasteiger partial charge in [0.15, 0.2) is 5.96 Å². The van der Waals surface area contributed by atoms with E-state index in [0.717, 1.165) is 24.6 Å².